The second-order valence-corrected chi connectivity index (χ2v) is 6.89. The number of phenols is 1. The van der Waals surface area contributed by atoms with Crippen LogP contribution in [0.3, 0.4) is 0 Å². The minimum Gasteiger partial charge on any atom is -0.508 e. The third-order valence-corrected chi connectivity index (χ3v) is 5.11. The summed E-state index contributed by atoms with van der Waals surface area (Å²) < 4.78 is 0. The molecule has 1 aliphatic rings. The Kier molecular flexibility index (Phi) is 5.89. The molecule has 24 heavy (non-hydrogen) atoms. The summed E-state index contributed by atoms with van der Waals surface area (Å²) in [5.74, 6) is 0.348. The fraction of sp³-hybridized carbons (Fsp3) is 0.429. The molecular weight excluding hydrogens is 296 g/mol. The average Bonchev–Trinajstić information content (AvgIpc) is 2.62. The van der Waals surface area contributed by atoms with Crippen molar-refractivity contribution in [2.75, 3.05) is 26.7 Å². The summed E-state index contributed by atoms with van der Waals surface area (Å²) in [5.41, 5.74) is 2.70. The Morgan fingerprint density at radius 1 is 0.958 bits per heavy atom. The molecule has 0 atom stereocenters. The highest BCUT2D eigenvalue weighted by atomic mass is 16.3. The molecule has 1 N–H and O–H groups in total. The van der Waals surface area contributed by atoms with Crippen molar-refractivity contribution < 1.29 is 5.11 Å². The van der Waals surface area contributed by atoms with Crippen LogP contribution in [0.2, 0.25) is 0 Å². The summed E-state index contributed by atoms with van der Waals surface area (Å²) >= 11 is 0. The maximum Gasteiger partial charge on any atom is 0.115 e. The van der Waals surface area contributed by atoms with Crippen LogP contribution in [0.4, 0.5) is 0 Å². The maximum atomic E-state index is 9.35. The van der Waals surface area contributed by atoms with Gasteiger partial charge in [0.25, 0.3) is 0 Å². The average molecular weight is 324 g/mol. The van der Waals surface area contributed by atoms with Gasteiger partial charge in [-0.3, -0.25) is 4.90 Å². The summed E-state index contributed by atoms with van der Waals surface area (Å²) in [6, 6.07) is 19.0. The Labute approximate surface area is 145 Å². The summed E-state index contributed by atoms with van der Waals surface area (Å²) in [7, 11) is 2.25. The molecule has 1 heterocycles. The summed E-state index contributed by atoms with van der Waals surface area (Å²) in [6.45, 7) is 4.52. The number of likely N-dealkylation sites (tertiary alicyclic amines) is 1. The van der Waals surface area contributed by atoms with Gasteiger partial charge in [-0.1, -0.05) is 42.5 Å². The Morgan fingerprint density at radius 2 is 1.62 bits per heavy atom. The van der Waals surface area contributed by atoms with Crippen LogP contribution in [0.15, 0.2) is 54.6 Å². The van der Waals surface area contributed by atoms with E-state index in [0.29, 0.717) is 11.8 Å². The van der Waals surface area contributed by atoms with Gasteiger partial charge in [-0.2, -0.15) is 0 Å². The molecule has 2 aromatic carbocycles. The minimum absolute atomic E-state index is 0.348. The first-order valence-corrected chi connectivity index (χ1v) is 8.95. The molecule has 128 valence electrons. The molecular formula is C21H28N2O. The van der Waals surface area contributed by atoms with Crippen molar-refractivity contribution in [3.63, 3.8) is 0 Å². The van der Waals surface area contributed by atoms with Crippen molar-refractivity contribution in [1.29, 1.82) is 0 Å². The number of phenolic OH excluding ortho intramolecular Hbond substituents is 1. The predicted molar refractivity (Wildman–Crippen MR) is 99.2 cm³/mol. The van der Waals surface area contributed by atoms with E-state index in [0.717, 1.165) is 19.5 Å². The number of rotatable bonds is 6. The van der Waals surface area contributed by atoms with E-state index in [4.69, 9.17) is 0 Å². The molecule has 1 fully saturated rings. The number of nitrogens with zero attached hydrogens (tertiary/aromatic N) is 2. The van der Waals surface area contributed by atoms with Gasteiger partial charge < -0.3 is 10.0 Å². The highest BCUT2D eigenvalue weighted by molar-refractivity contribution is 5.26. The van der Waals surface area contributed by atoms with E-state index in [1.807, 2.05) is 12.1 Å². The Balaban J connectivity index is 1.41. The molecule has 3 heteroatoms. The van der Waals surface area contributed by atoms with E-state index in [1.165, 1.54) is 37.1 Å². The largest absolute Gasteiger partial charge is 0.508 e. The number of aromatic hydroxyl groups is 1. The summed E-state index contributed by atoms with van der Waals surface area (Å²) in [4.78, 5) is 5.08. The second-order valence-electron chi connectivity index (χ2n) is 6.89. The Bertz CT molecular complexity index is 603. The van der Waals surface area contributed by atoms with Gasteiger partial charge in [0.05, 0.1) is 0 Å². The van der Waals surface area contributed by atoms with Crippen LogP contribution in [-0.2, 0) is 13.0 Å². The van der Waals surface area contributed by atoms with Gasteiger partial charge in [0.15, 0.2) is 0 Å². The highest BCUT2D eigenvalue weighted by Crippen LogP contribution is 2.18. The molecule has 3 rings (SSSR count). The molecule has 2 aromatic rings. The lowest BCUT2D eigenvalue weighted by atomic mass is 10.0. The van der Waals surface area contributed by atoms with Crippen molar-refractivity contribution in [2.45, 2.75) is 31.8 Å². The minimum atomic E-state index is 0.348. The maximum absolute atomic E-state index is 9.35. The van der Waals surface area contributed by atoms with Crippen LogP contribution in [0.5, 0.6) is 5.75 Å². The SMILES string of the molecule is CN(Cc1ccccc1)C1CCN(CCc2ccc(O)cc2)CC1. The molecule has 0 bridgehead atoms. The molecule has 0 saturated carbocycles. The standard InChI is InChI=1S/C21H28N2O/c1-22(17-19-5-3-2-4-6-19)20-12-15-23(16-13-20)14-11-18-7-9-21(24)10-8-18/h2-10,20,24H,11-17H2,1H3. The molecule has 1 saturated heterocycles. The lowest BCUT2D eigenvalue weighted by molar-refractivity contribution is 0.124. The molecule has 0 aliphatic carbocycles. The molecule has 0 aromatic heterocycles. The van der Waals surface area contributed by atoms with E-state index in [2.05, 4.69) is 47.2 Å². The summed E-state index contributed by atoms with van der Waals surface area (Å²) in [6.07, 6.45) is 3.56. The quantitative estimate of drug-likeness (QED) is 0.880. The number of hydrogen-bond acceptors (Lipinski definition) is 3. The predicted octanol–water partition coefficient (Wildman–Crippen LogP) is 3.53. The third-order valence-electron chi connectivity index (χ3n) is 5.11. The van der Waals surface area contributed by atoms with Crippen LogP contribution < -0.4 is 0 Å². The van der Waals surface area contributed by atoms with E-state index < -0.39 is 0 Å². The lowest BCUT2D eigenvalue weighted by Crippen LogP contribution is -2.43. The zero-order chi connectivity index (χ0) is 16.8. The van der Waals surface area contributed by atoms with Gasteiger partial charge in [0.2, 0.25) is 0 Å². The smallest absolute Gasteiger partial charge is 0.115 e. The topological polar surface area (TPSA) is 26.7 Å². The van der Waals surface area contributed by atoms with Gasteiger partial charge >= 0.3 is 0 Å². The molecule has 1 aliphatic heterocycles. The number of piperidine rings is 1. The van der Waals surface area contributed by atoms with E-state index >= 15 is 0 Å². The van der Waals surface area contributed by atoms with Crippen LogP contribution >= 0.6 is 0 Å². The normalized spacial score (nSPS) is 16.6. The monoisotopic (exact) mass is 324 g/mol. The molecule has 0 spiro atoms. The van der Waals surface area contributed by atoms with Crippen LogP contribution in [-0.4, -0.2) is 47.6 Å². The molecule has 3 nitrogen and oxygen atoms in total. The first-order valence-electron chi connectivity index (χ1n) is 8.95. The lowest BCUT2D eigenvalue weighted by Gasteiger charge is -2.36. The number of benzene rings is 2. The van der Waals surface area contributed by atoms with Crippen molar-refractivity contribution in [1.82, 2.24) is 9.80 Å². The fourth-order valence-corrected chi connectivity index (χ4v) is 3.53. The zero-order valence-corrected chi connectivity index (χ0v) is 14.6. The van der Waals surface area contributed by atoms with Crippen LogP contribution in [0.25, 0.3) is 0 Å². The zero-order valence-electron chi connectivity index (χ0n) is 14.6. The van der Waals surface area contributed by atoms with E-state index in [1.54, 1.807) is 12.1 Å². The van der Waals surface area contributed by atoms with Crippen molar-refractivity contribution in [3.05, 3.63) is 65.7 Å². The third kappa shape index (κ3) is 4.83. The number of hydrogen-bond donors (Lipinski definition) is 1. The summed E-state index contributed by atoms with van der Waals surface area (Å²) in [5, 5.41) is 9.35. The van der Waals surface area contributed by atoms with Gasteiger partial charge in [0.1, 0.15) is 5.75 Å². The van der Waals surface area contributed by atoms with Crippen molar-refractivity contribution in [2.24, 2.45) is 0 Å². The Morgan fingerprint density at radius 3 is 2.29 bits per heavy atom. The second kappa shape index (κ2) is 8.32. The van der Waals surface area contributed by atoms with Gasteiger partial charge in [0, 0.05) is 19.1 Å². The van der Waals surface area contributed by atoms with Gasteiger partial charge in [-0.05, 0) is 62.7 Å². The van der Waals surface area contributed by atoms with Crippen LogP contribution in [0, 0.1) is 0 Å². The van der Waals surface area contributed by atoms with Gasteiger partial charge in [-0.25, -0.2) is 0 Å². The molecule has 0 unspecified atom stereocenters. The van der Waals surface area contributed by atoms with Crippen molar-refractivity contribution in [3.8, 4) is 5.75 Å². The fourth-order valence-electron chi connectivity index (χ4n) is 3.53. The van der Waals surface area contributed by atoms with Crippen LogP contribution in [0.1, 0.15) is 24.0 Å². The van der Waals surface area contributed by atoms with Crippen molar-refractivity contribution >= 4 is 0 Å². The van der Waals surface area contributed by atoms with E-state index in [9.17, 15) is 5.11 Å². The molecule has 0 radical (unpaired) electrons. The first kappa shape index (κ1) is 17.0. The highest BCUT2D eigenvalue weighted by Gasteiger charge is 2.22. The van der Waals surface area contributed by atoms with Gasteiger partial charge in [-0.15, -0.1) is 0 Å². The van der Waals surface area contributed by atoms with E-state index in [-0.39, 0.29) is 0 Å². The molecule has 0 amide bonds. The Hall–Kier alpha value is -1.84. The first-order chi connectivity index (χ1) is 11.7.